The highest BCUT2D eigenvalue weighted by molar-refractivity contribution is 7.99. The predicted molar refractivity (Wildman–Crippen MR) is 90.7 cm³/mol. The van der Waals surface area contributed by atoms with Crippen LogP contribution in [0.25, 0.3) is 0 Å². The Morgan fingerprint density at radius 1 is 1.46 bits per heavy atom. The van der Waals surface area contributed by atoms with Crippen LogP contribution in [0.15, 0.2) is 16.1 Å². The van der Waals surface area contributed by atoms with E-state index in [4.69, 9.17) is 5.84 Å². The van der Waals surface area contributed by atoms with Gasteiger partial charge in [0.2, 0.25) is 11.1 Å². The second-order valence-corrected chi connectivity index (χ2v) is 6.75. The Hall–Kier alpha value is -2.47. The molecule has 10 nitrogen and oxygen atoms in total. The lowest BCUT2D eigenvalue weighted by Gasteiger charge is -2.07. The third-order valence-corrected chi connectivity index (χ3v) is 4.73. The Morgan fingerprint density at radius 3 is 2.83 bits per heavy atom. The summed E-state index contributed by atoms with van der Waals surface area (Å²) in [5.41, 5.74) is 0.0293. The summed E-state index contributed by atoms with van der Waals surface area (Å²) in [6, 6.07) is 0. The predicted octanol–water partition coefficient (Wildman–Crippen LogP) is -0.450. The molecule has 0 aromatic carbocycles. The molecule has 0 saturated heterocycles. The molecule has 0 bridgehead atoms. The summed E-state index contributed by atoms with van der Waals surface area (Å²) in [4.78, 5) is 41.3. The number of nitrogens with zero attached hydrogens (tertiary/aromatic N) is 5. The number of anilines is 1. The first kappa shape index (κ1) is 17.9. The van der Waals surface area contributed by atoms with Crippen LogP contribution >= 0.6 is 23.1 Å². The molecule has 24 heavy (non-hydrogen) atoms. The zero-order valence-corrected chi connectivity index (χ0v) is 14.8. The van der Waals surface area contributed by atoms with Crippen LogP contribution in [-0.4, -0.2) is 56.4 Å². The molecule has 2 aromatic rings. The molecule has 0 unspecified atom stereocenters. The molecule has 12 heteroatoms. The van der Waals surface area contributed by atoms with E-state index in [1.807, 2.05) is 0 Å². The van der Waals surface area contributed by atoms with Gasteiger partial charge in [-0.3, -0.25) is 14.4 Å². The van der Waals surface area contributed by atoms with Crippen LogP contribution in [0, 0.1) is 6.92 Å². The minimum absolute atomic E-state index is 0.0368. The fraction of sp³-hybridized carbons (Fsp3) is 0.333. The van der Waals surface area contributed by atoms with Crippen molar-refractivity contribution in [1.82, 2.24) is 24.8 Å². The van der Waals surface area contributed by atoms with Crippen molar-refractivity contribution in [3.05, 3.63) is 27.1 Å². The molecule has 0 aliphatic heterocycles. The van der Waals surface area contributed by atoms with Crippen molar-refractivity contribution in [1.29, 1.82) is 0 Å². The maximum atomic E-state index is 12.0. The number of carbonyl (C=O) groups is 2. The van der Waals surface area contributed by atoms with E-state index in [0.29, 0.717) is 15.7 Å². The fourth-order valence-electron chi connectivity index (χ4n) is 1.57. The highest BCUT2D eigenvalue weighted by atomic mass is 32.2. The van der Waals surface area contributed by atoms with Gasteiger partial charge in [0.1, 0.15) is 11.1 Å². The number of aromatic nitrogens is 4. The number of nitrogen functional groups attached to an aromatic ring is 1. The van der Waals surface area contributed by atoms with E-state index < -0.39 is 5.56 Å². The second kappa shape index (κ2) is 7.40. The molecule has 0 saturated carbocycles. The third kappa shape index (κ3) is 4.08. The monoisotopic (exact) mass is 369 g/mol. The molecule has 0 fully saturated rings. The van der Waals surface area contributed by atoms with Crippen LogP contribution in [0.4, 0.5) is 5.13 Å². The van der Waals surface area contributed by atoms with Crippen molar-refractivity contribution in [2.45, 2.75) is 12.1 Å². The Kier molecular flexibility index (Phi) is 5.51. The van der Waals surface area contributed by atoms with Gasteiger partial charge in [0.05, 0.1) is 11.4 Å². The van der Waals surface area contributed by atoms with Gasteiger partial charge in [0, 0.05) is 14.1 Å². The van der Waals surface area contributed by atoms with Crippen molar-refractivity contribution in [2.75, 3.05) is 31.0 Å². The van der Waals surface area contributed by atoms with E-state index in [0.717, 1.165) is 34.0 Å². The van der Waals surface area contributed by atoms with E-state index in [1.54, 1.807) is 21.0 Å². The van der Waals surface area contributed by atoms with Gasteiger partial charge in [-0.05, 0) is 6.92 Å². The number of nitrogens with one attached hydrogen (secondary N) is 1. The first-order chi connectivity index (χ1) is 11.3. The van der Waals surface area contributed by atoms with Crippen LogP contribution in [0.1, 0.15) is 15.4 Å². The summed E-state index contributed by atoms with van der Waals surface area (Å²) >= 11 is 2.06. The van der Waals surface area contributed by atoms with Gasteiger partial charge in [0.15, 0.2) is 5.13 Å². The normalized spacial score (nSPS) is 10.5. The lowest BCUT2D eigenvalue weighted by atomic mass is 10.3. The summed E-state index contributed by atoms with van der Waals surface area (Å²) < 4.78 is 0.812. The SMILES string of the molecule is Cc1nc(NC(=O)CSc2nncc(=O)n2N)sc1C(=O)N(C)C. The van der Waals surface area contributed by atoms with Gasteiger partial charge in [-0.1, -0.05) is 23.1 Å². The average molecular weight is 369 g/mol. The number of thiazole rings is 1. The van der Waals surface area contributed by atoms with Gasteiger partial charge in [-0.25, -0.2) is 4.98 Å². The van der Waals surface area contributed by atoms with Crippen molar-refractivity contribution in [2.24, 2.45) is 0 Å². The summed E-state index contributed by atoms with van der Waals surface area (Å²) in [5.74, 6) is 4.93. The van der Waals surface area contributed by atoms with Gasteiger partial charge in [0.25, 0.3) is 11.5 Å². The molecule has 0 atom stereocenters. The summed E-state index contributed by atoms with van der Waals surface area (Å²) in [6.45, 7) is 1.70. The molecule has 3 N–H and O–H groups in total. The largest absolute Gasteiger partial charge is 0.344 e. The Labute approximate surface area is 145 Å². The van der Waals surface area contributed by atoms with E-state index in [1.165, 1.54) is 4.90 Å². The number of nitrogens with two attached hydrogens (primary N) is 1. The number of thioether (sulfide) groups is 1. The number of rotatable bonds is 5. The van der Waals surface area contributed by atoms with Gasteiger partial charge < -0.3 is 16.1 Å². The van der Waals surface area contributed by atoms with Crippen LogP contribution in [0.2, 0.25) is 0 Å². The van der Waals surface area contributed by atoms with Gasteiger partial charge in [-0.2, -0.15) is 9.77 Å². The van der Waals surface area contributed by atoms with Crippen molar-refractivity contribution < 1.29 is 9.59 Å². The van der Waals surface area contributed by atoms with Gasteiger partial charge >= 0.3 is 0 Å². The van der Waals surface area contributed by atoms with E-state index in [-0.39, 0.29) is 22.7 Å². The third-order valence-electron chi connectivity index (χ3n) is 2.73. The first-order valence-electron chi connectivity index (χ1n) is 6.61. The second-order valence-electron chi connectivity index (χ2n) is 4.81. The van der Waals surface area contributed by atoms with Crippen LogP contribution < -0.4 is 16.7 Å². The highest BCUT2D eigenvalue weighted by Crippen LogP contribution is 2.24. The molecule has 0 spiro atoms. The molecular weight excluding hydrogens is 354 g/mol. The Bertz CT molecular complexity index is 830. The minimum atomic E-state index is -0.518. The molecule has 2 heterocycles. The first-order valence-corrected chi connectivity index (χ1v) is 8.41. The standard InChI is InChI=1S/C12H15N7O3S2/c1-6-9(10(22)18(2)3)24-11(15-6)16-7(20)5-23-12-17-14-4-8(21)19(12)13/h4H,5,13H2,1-3H3,(H,15,16,20). The highest BCUT2D eigenvalue weighted by Gasteiger charge is 2.18. The zero-order chi connectivity index (χ0) is 17.9. The Balaban J connectivity index is 2.00. The summed E-state index contributed by atoms with van der Waals surface area (Å²) in [6.07, 6.45) is 0.978. The number of amides is 2. The van der Waals surface area contributed by atoms with Crippen LogP contribution in [0.3, 0.4) is 0 Å². The van der Waals surface area contributed by atoms with E-state index in [2.05, 4.69) is 20.5 Å². The molecule has 0 aliphatic rings. The lowest BCUT2D eigenvalue weighted by molar-refractivity contribution is -0.113. The molecule has 2 amide bonds. The number of hydrogen-bond donors (Lipinski definition) is 2. The quantitative estimate of drug-likeness (QED) is 0.534. The number of carbonyl (C=O) groups excluding carboxylic acids is 2. The molecule has 2 rings (SSSR count). The smallest absolute Gasteiger partial charge is 0.291 e. The number of hydrogen-bond acceptors (Lipinski definition) is 9. The van der Waals surface area contributed by atoms with Crippen LogP contribution in [0.5, 0.6) is 0 Å². The molecule has 128 valence electrons. The maximum absolute atomic E-state index is 12.0. The fourth-order valence-corrected chi connectivity index (χ4v) is 3.24. The lowest BCUT2D eigenvalue weighted by Crippen LogP contribution is -2.30. The average Bonchev–Trinajstić information content (AvgIpc) is 2.88. The molecule has 2 aromatic heterocycles. The minimum Gasteiger partial charge on any atom is -0.344 e. The van der Waals surface area contributed by atoms with Crippen LogP contribution in [-0.2, 0) is 4.79 Å². The Morgan fingerprint density at radius 2 is 2.17 bits per heavy atom. The van der Waals surface area contributed by atoms with E-state index in [9.17, 15) is 14.4 Å². The summed E-state index contributed by atoms with van der Waals surface area (Å²) in [7, 11) is 3.28. The zero-order valence-electron chi connectivity index (χ0n) is 13.1. The van der Waals surface area contributed by atoms with Gasteiger partial charge in [-0.15, -0.1) is 5.10 Å². The maximum Gasteiger partial charge on any atom is 0.291 e. The van der Waals surface area contributed by atoms with Crippen molar-refractivity contribution >= 4 is 40.0 Å². The molecule has 0 radical (unpaired) electrons. The van der Waals surface area contributed by atoms with Crippen molar-refractivity contribution in [3.63, 3.8) is 0 Å². The molecule has 0 aliphatic carbocycles. The summed E-state index contributed by atoms with van der Waals surface area (Å²) in [5, 5.41) is 10.2. The van der Waals surface area contributed by atoms with E-state index >= 15 is 0 Å². The topological polar surface area (TPSA) is 136 Å². The van der Waals surface area contributed by atoms with Crippen molar-refractivity contribution in [3.8, 4) is 0 Å². The number of aryl methyl sites for hydroxylation is 1. The molecular formula is C12H15N7O3S2.